The lowest BCUT2D eigenvalue weighted by molar-refractivity contribution is 0.363. The summed E-state index contributed by atoms with van der Waals surface area (Å²) in [6, 6.07) is 5.00. The molecule has 1 aromatic rings. The second kappa shape index (κ2) is 5.72. The first-order valence-electron chi connectivity index (χ1n) is 3.68. The van der Waals surface area contributed by atoms with Gasteiger partial charge < -0.3 is 4.74 Å². The highest BCUT2D eigenvalue weighted by Crippen LogP contribution is 2.26. The Morgan fingerprint density at radius 3 is 2.50 bits per heavy atom. The number of hydrogen-bond acceptors (Lipinski definition) is 1. The van der Waals surface area contributed by atoms with Crippen LogP contribution in [0.3, 0.4) is 0 Å². The van der Waals surface area contributed by atoms with Crippen LogP contribution >= 0.6 is 46.4 Å². The molecule has 14 heavy (non-hydrogen) atoms. The molecule has 0 fully saturated rings. The zero-order valence-electron chi connectivity index (χ0n) is 6.94. The molecule has 0 N–H and O–H groups in total. The molecule has 0 aliphatic heterocycles. The van der Waals surface area contributed by atoms with Gasteiger partial charge in [0.2, 0.25) is 0 Å². The predicted octanol–water partition coefficient (Wildman–Crippen LogP) is 4.69. The molecule has 0 aliphatic carbocycles. The summed E-state index contributed by atoms with van der Waals surface area (Å²) in [7, 11) is 0. The van der Waals surface area contributed by atoms with Gasteiger partial charge in [-0.3, -0.25) is 0 Å². The topological polar surface area (TPSA) is 9.23 Å². The van der Waals surface area contributed by atoms with Crippen LogP contribution in [0.5, 0.6) is 5.75 Å². The minimum atomic E-state index is 0.171. The van der Waals surface area contributed by atoms with Crippen LogP contribution in [0.2, 0.25) is 10.0 Å². The van der Waals surface area contributed by atoms with E-state index >= 15 is 0 Å². The van der Waals surface area contributed by atoms with Crippen LogP contribution in [-0.4, -0.2) is 6.61 Å². The van der Waals surface area contributed by atoms with Crippen molar-refractivity contribution in [3.8, 4) is 5.75 Å². The molecule has 1 aromatic carbocycles. The van der Waals surface area contributed by atoms with E-state index in [1.165, 1.54) is 6.08 Å². The Morgan fingerprint density at radius 2 is 1.93 bits per heavy atom. The van der Waals surface area contributed by atoms with E-state index in [1.807, 2.05) is 0 Å². The summed E-state index contributed by atoms with van der Waals surface area (Å²) >= 11 is 22.3. The Labute approximate surface area is 102 Å². The first kappa shape index (κ1) is 12.0. The molecule has 0 aromatic heterocycles. The maximum atomic E-state index is 5.78. The van der Waals surface area contributed by atoms with E-state index in [9.17, 15) is 0 Å². The van der Waals surface area contributed by atoms with Crippen LogP contribution in [-0.2, 0) is 0 Å². The SMILES string of the molecule is ClC(Cl)=CCOc1ccc(Cl)c(Cl)c1. The van der Waals surface area contributed by atoms with Crippen molar-refractivity contribution in [2.45, 2.75) is 0 Å². The highest BCUT2D eigenvalue weighted by Gasteiger charge is 1.99. The molecule has 0 amide bonds. The minimum Gasteiger partial charge on any atom is -0.489 e. The summed E-state index contributed by atoms with van der Waals surface area (Å²) in [6.07, 6.45) is 1.53. The van der Waals surface area contributed by atoms with E-state index in [0.717, 1.165) is 0 Å². The van der Waals surface area contributed by atoms with Crippen molar-refractivity contribution in [1.82, 2.24) is 0 Å². The molecule has 5 heteroatoms. The van der Waals surface area contributed by atoms with Crippen molar-refractivity contribution in [2.24, 2.45) is 0 Å². The van der Waals surface area contributed by atoms with E-state index in [2.05, 4.69) is 0 Å². The first-order chi connectivity index (χ1) is 6.59. The molecular weight excluding hydrogens is 266 g/mol. The Morgan fingerprint density at radius 1 is 1.21 bits per heavy atom. The third-order valence-corrected chi connectivity index (χ3v) is 2.43. The fourth-order valence-electron chi connectivity index (χ4n) is 0.768. The summed E-state index contributed by atoms with van der Waals surface area (Å²) in [4.78, 5) is 0. The fraction of sp³-hybridized carbons (Fsp3) is 0.111. The van der Waals surface area contributed by atoms with Gasteiger partial charge in [-0.25, -0.2) is 0 Å². The van der Waals surface area contributed by atoms with Crippen LogP contribution < -0.4 is 4.74 Å². The van der Waals surface area contributed by atoms with Gasteiger partial charge in [0.25, 0.3) is 0 Å². The lowest BCUT2D eigenvalue weighted by Crippen LogP contribution is -1.93. The average molecular weight is 272 g/mol. The number of hydrogen-bond donors (Lipinski definition) is 0. The van der Waals surface area contributed by atoms with Gasteiger partial charge in [-0.15, -0.1) is 0 Å². The summed E-state index contributed by atoms with van der Waals surface area (Å²) in [6.45, 7) is 0.292. The predicted molar refractivity (Wildman–Crippen MR) is 61.7 cm³/mol. The third kappa shape index (κ3) is 3.97. The molecule has 0 bridgehead atoms. The van der Waals surface area contributed by atoms with Crippen LogP contribution in [0.4, 0.5) is 0 Å². The van der Waals surface area contributed by atoms with Crippen LogP contribution in [0.25, 0.3) is 0 Å². The van der Waals surface area contributed by atoms with Crippen LogP contribution in [0.15, 0.2) is 28.8 Å². The van der Waals surface area contributed by atoms with Crippen molar-refractivity contribution in [3.05, 3.63) is 38.8 Å². The maximum absolute atomic E-state index is 5.78. The van der Waals surface area contributed by atoms with E-state index in [1.54, 1.807) is 18.2 Å². The van der Waals surface area contributed by atoms with Gasteiger partial charge in [0.05, 0.1) is 10.0 Å². The van der Waals surface area contributed by atoms with Crippen molar-refractivity contribution in [2.75, 3.05) is 6.61 Å². The molecule has 0 heterocycles. The number of ether oxygens (including phenoxy) is 1. The van der Waals surface area contributed by atoms with Gasteiger partial charge in [-0.2, -0.15) is 0 Å². The molecule has 0 unspecified atom stereocenters. The minimum absolute atomic E-state index is 0.171. The summed E-state index contributed by atoms with van der Waals surface area (Å²) in [5.74, 6) is 0.616. The highest BCUT2D eigenvalue weighted by atomic mass is 35.5. The third-order valence-electron chi connectivity index (χ3n) is 1.38. The molecule has 1 rings (SSSR count). The normalized spacial score (nSPS) is 9.71. The molecule has 0 aliphatic rings. The Hall–Kier alpha value is -0.0800. The monoisotopic (exact) mass is 270 g/mol. The lowest BCUT2D eigenvalue weighted by Gasteiger charge is -2.03. The van der Waals surface area contributed by atoms with Gasteiger partial charge in [0, 0.05) is 6.07 Å². The Kier molecular flexibility index (Phi) is 4.90. The van der Waals surface area contributed by atoms with Gasteiger partial charge >= 0.3 is 0 Å². The van der Waals surface area contributed by atoms with Crippen molar-refractivity contribution in [1.29, 1.82) is 0 Å². The molecule has 0 radical (unpaired) electrons. The molecule has 1 nitrogen and oxygen atoms in total. The van der Waals surface area contributed by atoms with Gasteiger partial charge in [0.15, 0.2) is 0 Å². The largest absolute Gasteiger partial charge is 0.489 e. The van der Waals surface area contributed by atoms with Gasteiger partial charge in [-0.1, -0.05) is 46.4 Å². The standard InChI is InChI=1S/C9H6Cl4O/c10-7-2-1-6(5-8(7)11)14-4-3-9(12)13/h1-3,5H,4H2. The molecule has 0 saturated carbocycles. The van der Waals surface area contributed by atoms with E-state index in [0.29, 0.717) is 22.4 Å². The van der Waals surface area contributed by atoms with Crippen LogP contribution in [0, 0.1) is 0 Å². The summed E-state index contributed by atoms with van der Waals surface area (Å²) < 4.78 is 5.44. The number of rotatable bonds is 3. The van der Waals surface area contributed by atoms with Gasteiger partial charge in [0.1, 0.15) is 16.8 Å². The Balaban J connectivity index is 2.60. The maximum Gasteiger partial charge on any atom is 0.121 e. The Bertz CT molecular complexity index is 345. The second-order valence-corrected chi connectivity index (χ2v) is 4.20. The highest BCUT2D eigenvalue weighted by molar-refractivity contribution is 6.55. The second-order valence-electron chi connectivity index (χ2n) is 2.38. The van der Waals surface area contributed by atoms with E-state index in [4.69, 9.17) is 51.1 Å². The molecular formula is C9H6Cl4O. The van der Waals surface area contributed by atoms with E-state index in [-0.39, 0.29) is 4.49 Å². The van der Waals surface area contributed by atoms with Crippen LogP contribution in [0.1, 0.15) is 0 Å². The fourth-order valence-corrected chi connectivity index (χ4v) is 1.18. The molecule has 0 atom stereocenters. The van der Waals surface area contributed by atoms with Crippen molar-refractivity contribution in [3.63, 3.8) is 0 Å². The smallest absolute Gasteiger partial charge is 0.121 e. The number of benzene rings is 1. The van der Waals surface area contributed by atoms with Crippen molar-refractivity contribution < 1.29 is 4.74 Å². The number of halogens is 4. The van der Waals surface area contributed by atoms with Crippen molar-refractivity contribution >= 4 is 46.4 Å². The zero-order valence-corrected chi connectivity index (χ0v) is 9.96. The molecule has 76 valence electrons. The first-order valence-corrected chi connectivity index (χ1v) is 5.20. The van der Waals surface area contributed by atoms with Gasteiger partial charge in [-0.05, 0) is 18.2 Å². The average Bonchev–Trinajstić information content (AvgIpc) is 2.10. The zero-order chi connectivity index (χ0) is 10.6. The molecule has 0 spiro atoms. The lowest BCUT2D eigenvalue weighted by atomic mass is 10.3. The van der Waals surface area contributed by atoms with E-state index < -0.39 is 0 Å². The quantitative estimate of drug-likeness (QED) is 0.775. The summed E-state index contributed by atoms with van der Waals surface area (Å²) in [5, 5.41) is 0.940. The molecule has 0 saturated heterocycles. The summed E-state index contributed by atoms with van der Waals surface area (Å²) in [5.41, 5.74) is 0.